The first kappa shape index (κ1) is 24.2. The number of fused-ring (bicyclic) bond motifs is 2. The Morgan fingerprint density at radius 1 is 1.14 bits per heavy atom. The van der Waals surface area contributed by atoms with E-state index in [1.54, 1.807) is 4.90 Å². The van der Waals surface area contributed by atoms with E-state index in [1.165, 1.54) is 29.2 Å². The molecule has 0 bridgehead atoms. The summed E-state index contributed by atoms with van der Waals surface area (Å²) in [5.41, 5.74) is -0.839. The number of nitrogens with one attached hydrogen (secondary N) is 1. The van der Waals surface area contributed by atoms with Crippen LogP contribution < -0.4 is 10.1 Å². The summed E-state index contributed by atoms with van der Waals surface area (Å²) in [6.45, 7) is 4.04. The molecule has 4 fully saturated rings. The van der Waals surface area contributed by atoms with Gasteiger partial charge in [-0.15, -0.1) is 0 Å². The lowest BCUT2D eigenvalue weighted by Gasteiger charge is -2.44. The van der Waals surface area contributed by atoms with Crippen LogP contribution in [0.1, 0.15) is 52.4 Å². The third-order valence-corrected chi connectivity index (χ3v) is 8.07. The number of rotatable bonds is 6. The standard InChI is InChI=1S/C25H30N4O7/c1-14(2)19(26-24(33)36-17-8-6-16(7-9-17)29(34)35)22(31)27-13-10-18-20(27)25(11-3-12-25)23(32)28(18)21(30)15-4-5-15/h6-9,14-15,18-20H,3-5,10-13H2,1-2H3,(H,26,33)/t18-,19-,20-/m0/s1. The molecule has 1 spiro atoms. The van der Waals surface area contributed by atoms with Gasteiger partial charge in [-0.1, -0.05) is 20.3 Å². The molecular weight excluding hydrogens is 468 g/mol. The van der Waals surface area contributed by atoms with Crippen molar-refractivity contribution in [3.05, 3.63) is 34.4 Å². The van der Waals surface area contributed by atoms with Crippen LogP contribution in [0.5, 0.6) is 5.75 Å². The highest BCUT2D eigenvalue weighted by molar-refractivity contribution is 6.04. The van der Waals surface area contributed by atoms with Crippen LogP contribution in [-0.4, -0.2) is 63.2 Å². The number of amides is 4. The SMILES string of the molecule is CC(C)[C@H](NC(=O)Oc1ccc([N+](=O)[O-])cc1)C(=O)N1CC[C@H]2[C@H]1C1(CCC1)C(=O)N2C(=O)C1CC1. The summed E-state index contributed by atoms with van der Waals surface area (Å²) in [5.74, 6) is -0.757. The lowest BCUT2D eigenvalue weighted by atomic mass is 9.64. The van der Waals surface area contributed by atoms with Gasteiger partial charge in [-0.05, 0) is 50.2 Å². The van der Waals surface area contributed by atoms with Crippen molar-refractivity contribution < 1.29 is 28.8 Å². The van der Waals surface area contributed by atoms with Crippen LogP contribution in [0.4, 0.5) is 10.5 Å². The second-order valence-corrected chi connectivity index (χ2v) is 10.6. The van der Waals surface area contributed by atoms with Gasteiger partial charge in [-0.25, -0.2) is 4.79 Å². The highest BCUT2D eigenvalue weighted by atomic mass is 16.6. The van der Waals surface area contributed by atoms with Crippen molar-refractivity contribution >= 4 is 29.5 Å². The third kappa shape index (κ3) is 3.90. The van der Waals surface area contributed by atoms with Gasteiger partial charge < -0.3 is 15.0 Å². The van der Waals surface area contributed by atoms with E-state index < -0.39 is 22.5 Å². The molecule has 11 nitrogen and oxygen atoms in total. The molecule has 36 heavy (non-hydrogen) atoms. The molecule has 5 rings (SSSR count). The van der Waals surface area contributed by atoms with Gasteiger partial charge in [0, 0.05) is 24.6 Å². The van der Waals surface area contributed by atoms with Gasteiger partial charge >= 0.3 is 6.09 Å². The molecule has 4 amide bonds. The Bertz CT molecular complexity index is 1110. The van der Waals surface area contributed by atoms with Gasteiger partial charge in [-0.2, -0.15) is 0 Å². The number of carbonyl (C=O) groups excluding carboxylic acids is 4. The number of hydrogen-bond acceptors (Lipinski definition) is 7. The second-order valence-electron chi connectivity index (χ2n) is 10.6. The van der Waals surface area contributed by atoms with Gasteiger partial charge in [0.1, 0.15) is 11.8 Å². The number of imide groups is 1. The molecule has 4 aliphatic rings. The summed E-state index contributed by atoms with van der Waals surface area (Å²) >= 11 is 0. The van der Waals surface area contributed by atoms with Crippen LogP contribution in [-0.2, 0) is 14.4 Å². The van der Waals surface area contributed by atoms with E-state index in [4.69, 9.17) is 4.74 Å². The molecule has 1 aromatic rings. The molecule has 192 valence electrons. The topological polar surface area (TPSA) is 139 Å². The third-order valence-electron chi connectivity index (χ3n) is 8.07. The Labute approximate surface area is 208 Å². The molecule has 11 heteroatoms. The zero-order valence-electron chi connectivity index (χ0n) is 20.3. The van der Waals surface area contributed by atoms with Crippen LogP contribution in [0.15, 0.2) is 24.3 Å². The van der Waals surface area contributed by atoms with Crippen LogP contribution in [0.2, 0.25) is 0 Å². The van der Waals surface area contributed by atoms with Crippen molar-refractivity contribution in [2.75, 3.05) is 6.54 Å². The minimum Gasteiger partial charge on any atom is -0.410 e. The van der Waals surface area contributed by atoms with E-state index in [2.05, 4.69) is 5.32 Å². The van der Waals surface area contributed by atoms with Crippen molar-refractivity contribution in [1.29, 1.82) is 0 Å². The molecule has 3 atom stereocenters. The minimum atomic E-state index is -0.894. The summed E-state index contributed by atoms with van der Waals surface area (Å²) in [7, 11) is 0. The fourth-order valence-electron chi connectivity index (χ4n) is 5.93. The number of non-ortho nitro benzene ring substituents is 1. The fraction of sp³-hybridized carbons (Fsp3) is 0.600. The van der Waals surface area contributed by atoms with E-state index in [0.29, 0.717) is 25.8 Å². The van der Waals surface area contributed by atoms with Crippen molar-refractivity contribution in [3.8, 4) is 5.75 Å². The average Bonchev–Trinajstić information content (AvgIpc) is 3.52. The number of nitro groups is 1. The molecule has 1 aromatic carbocycles. The number of likely N-dealkylation sites (tertiary alicyclic amines) is 2. The second kappa shape index (κ2) is 8.86. The van der Waals surface area contributed by atoms with Gasteiger partial charge in [0.15, 0.2) is 0 Å². The maximum absolute atomic E-state index is 13.8. The molecule has 2 saturated heterocycles. The van der Waals surface area contributed by atoms with Crippen molar-refractivity contribution in [1.82, 2.24) is 15.1 Å². The summed E-state index contributed by atoms with van der Waals surface area (Å²) in [5, 5.41) is 13.5. The molecule has 2 heterocycles. The first-order valence-corrected chi connectivity index (χ1v) is 12.5. The zero-order chi connectivity index (χ0) is 25.8. The van der Waals surface area contributed by atoms with Gasteiger partial charge in [0.2, 0.25) is 17.7 Å². The number of nitrogens with zero attached hydrogens (tertiary/aromatic N) is 3. The first-order chi connectivity index (χ1) is 17.1. The van der Waals surface area contributed by atoms with E-state index in [1.807, 2.05) is 13.8 Å². The van der Waals surface area contributed by atoms with Crippen molar-refractivity contribution in [2.24, 2.45) is 17.3 Å². The predicted molar refractivity (Wildman–Crippen MR) is 126 cm³/mol. The fourth-order valence-corrected chi connectivity index (χ4v) is 5.93. The summed E-state index contributed by atoms with van der Waals surface area (Å²) in [6.07, 6.45) is 3.52. The lowest BCUT2D eigenvalue weighted by Crippen LogP contribution is -2.58. The molecule has 0 aromatic heterocycles. The lowest BCUT2D eigenvalue weighted by molar-refractivity contribution is -0.384. The quantitative estimate of drug-likeness (QED) is 0.361. The van der Waals surface area contributed by atoms with Crippen LogP contribution in [0.3, 0.4) is 0 Å². The number of benzene rings is 1. The number of nitro benzene ring substituents is 1. The Morgan fingerprint density at radius 2 is 1.81 bits per heavy atom. The molecule has 0 unspecified atom stereocenters. The number of ether oxygens (including phenoxy) is 1. The van der Waals surface area contributed by atoms with Crippen LogP contribution in [0, 0.1) is 27.4 Å². The predicted octanol–water partition coefficient (Wildman–Crippen LogP) is 2.63. The summed E-state index contributed by atoms with van der Waals surface area (Å²) < 4.78 is 5.25. The Kier molecular flexibility index (Phi) is 5.96. The molecule has 1 N–H and O–H groups in total. The van der Waals surface area contributed by atoms with E-state index in [-0.39, 0.29) is 53.1 Å². The monoisotopic (exact) mass is 498 g/mol. The van der Waals surface area contributed by atoms with Crippen molar-refractivity contribution in [3.63, 3.8) is 0 Å². The van der Waals surface area contributed by atoms with Gasteiger partial charge in [-0.3, -0.25) is 29.4 Å². The van der Waals surface area contributed by atoms with E-state index in [0.717, 1.165) is 19.3 Å². The van der Waals surface area contributed by atoms with E-state index >= 15 is 0 Å². The number of carbonyl (C=O) groups is 4. The smallest absolute Gasteiger partial charge is 0.410 e. The molecule has 2 aliphatic carbocycles. The molecular formula is C25H30N4O7. The van der Waals surface area contributed by atoms with Crippen LogP contribution >= 0.6 is 0 Å². The largest absolute Gasteiger partial charge is 0.413 e. The highest BCUT2D eigenvalue weighted by Gasteiger charge is 2.68. The van der Waals surface area contributed by atoms with Crippen LogP contribution in [0.25, 0.3) is 0 Å². The summed E-state index contributed by atoms with van der Waals surface area (Å²) in [6, 6.07) is 3.49. The summed E-state index contributed by atoms with van der Waals surface area (Å²) in [4.78, 5) is 66.2. The number of hydrogen-bond donors (Lipinski definition) is 1. The van der Waals surface area contributed by atoms with E-state index in [9.17, 15) is 29.3 Å². The Balaban J connectivity index is 1.31. The Morgan fingerprint density at radius 3 is 2.33 bits per heavy atom. The van der Waals surface area contributed by atoms with Gasteiger partial charge in [0.05, 0.1) is 22.4 Å². The average molecular weight is 499 g/mol. The first-order valence-electron chi connectivity index (χ1n) is 12.5. The molecule has 2 saturated carbocycles. The highest BCUT2D eigenvalue weighted by Crippen LogP contribution is 2.56. The minimum absolute atomic E-state index is 0.0751. The Hall–Kier alpha value is -3.50. The van der Waals surface area contributed by atoms with Gasteiger partial charge in [0.25, 0.3) is 5.69 Å². The normalized spacial score (nSPS) is 24.9. The molecule has 2 aliphatic heterocycles. The zero-order valence-corrected chi connectivity index (χ0v) is 20.3. The molecule has 0 radical (unpaired) electrons. The van der Waals surface area contributed by atoms with Crippen molar-refractivity contribution in [2.45, 2.75) is 70.5 Å². The maximum atomic E-state index is 13.8. The maximum Gasteiger partial charge on any atom is 0.413 e.